The van der Waals surface area contributed by atoms with Gasteiger partial charge in [-0.05, 0) is 66.6 Å². The molecule has 2 atom stereocenters. The SMILES string of the molecule is N#CC1=C(N)C(C#N)(C#N)[C@H](c2cc(Br)ccc2OCc2cccc(F)c2)[C@H]2CCCC=C12. The predicted octanol–water partition coefficient (Wildman–Crippen LogP) is 5.76. The first-order chi connectivity index (χ1) is 15.9. The summed E-state index contributed by atoms with van der Waals surface area (Å²) >= 11 is 3.50. The van der Waals surface area contributed by atoms with Crippen molar-refractivity contribution in [1.29, 1.82) is 15.8 Å². The quantitative estimate of drug-likeness (QED) is 0.571. The van der Waals surface area contributed by atoms with Gasteiger partial charge in [0.15, 0.2) is 5.41 Å². The van der Waals surface area contributed by atoms with Crippen molar-refractivity contribution in [3.63, 3.8) is 0 Å². The molecule has 0 amide bonds. The van der Waals surface area contributed by atoms with Crippen molar-refractivity contribution in [1.82, 2.24) is 0 Å². The molecular formula is C26H20BrFN4O. The third-order valence-electron chi connectivity index (χ3n) is 6.39. The van der Waals surface area contributed by atoms with E-state index in [9.17, 15) is 20.2 Å². The third kappa shape index (κ3) is 3.88. The average molecular weight is 503 g/mol. The molecule has 0 unspecified atom stereocenters. The van der Waals surface area contributed by atoms with Crippen molar-refractivity contribution in [2.75, 3.05) is 0 Å². The Balaban J connectivity index is 1.87. The highest BCUT2D eigenvalue weighted by Crippen LogP contribution is 2.57. The number of allylic oxidation sites excluding steroid dienone is 4. The fraction of sp³-hybridized carbons (Fsp3) is 0.269. The van der Waals surface area contributed by atoms with Crippen LogP contribution < -0.4 is 10.5 Å². The van der Waals surface area contributed by atoms with Crippen molar-refractivity contribution in [2.24, 2.45) is 17.1 Å². The molecule has 0 saturated heterocycles. The second-order valence-electron chi connectivity index (χ2n) is 8.21. The minimum atomic E-state index is -1.72. The summed E-state index contributed by atoms with van der Waals surface area (Å²) in [6.45, 7) is 0.118. The molecule has 0 bridgehead atoms. The summed E-state index contributed by atoms with van der Waals surface area (Å²) < 4.78 is 20.5. The minimum Gasteiger partial charge on any atom is -0.489 e. The van der Waals surface area contributed by atoms with Crippen molar-refractivity contribution in [3.8, 4) is 24.0 Å². The molecule has 2 aliphatic rings. The molecule has 2 N–H and O–H groups in total. The van der Waals surface area contributed by atoms with Crippen LogP contribution in [0.15, 0.2) is 69.9 Å². The number of ether oxygens (including phenoxy) is 1. The molecule has 0 spiro atoms. The number of rotatable bonds is 4. The van der Waals surface area contributed by atoms with Gasteiger partial charge in [0, 0.05) is 16.0 Å². The van der Waals surface area contributed by atoms with E-state index in [-0.39, 0.29) is 29.6 Å². The lowest BCUT2D eigenvalue weighted by molar-refractivity contribution is 0.276. The van der Waals surface area contributed by atoms with Crippen LogP contribution in [0.3, 0.4) is 0 Å². The van der Waals surface area contributed by atoms with Gasteiger partial charge < -0.3 is 10.5 Å². The standard InChI is InChI=1S/C26H20BrFN4O/c27-17-8-9-23(33-13-16-4-3-5-18(28)10-16)21(11-17)24-20-7-2-1-6-19(20)22(12-29)25(32)26(24,14-30)15-31/h3-6,8-11,20,24H,1-2,7,13,32H2/t20-,24-/m0/s1. The Bertz CT molecular complexity index is 1280. The lowest BCUT2D eigenvalue weighted by atomic mass is 9.56. The van der Waals surface area contributed by atoms with Crippen LogP contribution >= 0.6 is 15.9 Å². The van der Waals surface area contributed by atoms with E-state index in [1.807, 2.05) is 18.2 Å². The number of fused-ring (bicyclic) bond motifs is 1. The number of halogens is 2. The van der Waals surface area contributed by atoms with Crippen molar-refractivity contribution in [2.45, 2.75) is 31.8 Å². The van der Waals surface area contributed by atoms with Gasteiger partial charge in [-0.2, -0.15) is 15.8 Å². The first-order valence-electron chi connectivity index (χ1n) is 10.5. The Labute approximate surface area is 200 Å². The van der Waals surface area contributed by atoms with Crippen molar-refractivity contribution < 1.29 is 9.13 Å². The van der Waals surface area contributed by atoms with E-state index in [0.717, 1.165) is 29.3 Å². The Morgan fingerprint density at radius 1 is 1.15 bits per heavy atom. The van der Waals surface area contributed by atoms with Gasteiger partial charge in [-0.25, -0.2) is 4.39 Å². The maximum absolute atomic E-state index is 13.6. The summed E-state index contributed by atoms with van der Waals surface area (Å²) in [5.74, 6) is -0.728. The van der Waals surface area contributed by atoms with E-state index in [1.54, 1.807) is 18.2 Å². The number of benzene rings is 2. The van der Waals surface area contributed by atoms with Crippen LogP contribution in [0.1, 0.15) is 36.3 Å². The molecule has 0 heterocycles. The van der Waals surface area contributed by atoms with E-state index < -0.39 is 11.3 Å². The molecule has 2 aromatic carbocycles. The maximum Gasteiger partial charge on any atom is 0.191 e. The minimum absolute atomic E-state index is 0.0135. The van der Waals surface area contributed by atoms with Crippen LogP contribution in [0.25, 0.3) is 0 Å². The number of hydrogen-bond donors (Lipinski definition) is 1. The van der Waals surface area contributed by atoms with Crippen LogP contribution in [0, 0.1) is 51.1 Å². The molecule has 0 saturated carbocycles. The highest BCUT2D eigenvalue weighted by Gasteiger charge is 2.54. The maximum atomic E-state index is 13.6. The van der Waals surface area contributed by atoms with Gasteiger partial charge >= 0.3 is 0 Å². The average Bonchev–Trinajstić information content (AvgIpc) is 2.83. The summed E-state index contributed by atoms with van der Waals surface area (Å²) in [5, 5.41) is 30.3. The number of nitriles is 3. The normalized spacial score (nSPS) is 21.1. The third-order valence-corrected chi connectivity index (χ3v) is 6.88. The molecule has 164 valence electrons. The summed E-state index contributed by atoms with van der Waals surface area (Å²) in [4.78, 5) is 0. The van der Waals surface area contributed by atoms with Crippen molar-refractivity contribution in [3.05, 3.63) is 86.8 Å². The van der Waals surface area contributed by atoms with Gasteiger partial charge in [0.05, 0.1) is 23.4 Å². The van der Waals surface area contributed by atoms with Crippen molar-refractivity contribution >= 4 is 15.9 Å². The molecule has 0 aliphatic heterocycles. The Hall–Kier alpha value is -3.60. The van der Waals surface area contributed by atoms with E-state index in [1.165, 1.54) is 12.1 Å². The highest BCUT2D eigenvalue weighted by atomic mass is 79.9. The molecule has 0 radical (unpaired) electrons. The number of nitrogens with two attached hydrogens (primary N) is 1. The van der Waals surface area contributed by atoms with Gasteiger partial charge in [-0.1, -0.05) is 34.1 Å². The Kier molecular flexibility index (Phi) is 6.23. The summed E-state index contributed by atoms with van der Waals surface area (Å²) in [6.07, 6.45) is 4.40. The van der Waals surface area contributed by atoms with Crippen LogP contribution in [-0.2, 0) is 6.61 Å². The second-order valence-corrected chi connectivity index (χ2v) is 9.12. The fourth-order valence-electron chi connectivity index (χ4n) is 4.90. The molecule has 5 nitrogen and oxygen atoms in total. The van der Waals surface area contributed by atoms with Crippen LogP contribution in [0.4, 0.5) is 4.39 Å². The van der Waals surface area contributed by atoms with Crippen LogP contribution in [-0.4, -0.2) is 0 Å². The lowest BCUT2D eigenvalue weighted by Crippen LogP contribution is -2.42. The van der Waals surface area contributed by atoms with Gasteiger partial charge in [0.1, 0.15) is 24.2 Å². The highest BCUT2D eigenvalue weighted by molar-refractivity contribution is 9.10. The van der Waals surface area contributed by atoms with Gasteiger partial charge in [0.25, 0.3) is 0 Å². The van der Waals surface area contributed by atoms with Crippen LogP contribution in [0.2, 0.25) is 0 Å². The first kappa shape index (κ1) is 22.6. The zero-order valence-corrected chi connectivity index (χ0v) is 19.3. The summed E-state index contributed by atoms with van der Waals surface area (Å²) in [6, 6.07) is 18.0. The topological polar surface area (TPSA) is 107 Å². The molecular weight excluding hydrogens is 483 g/mol. The van der Waals surface area contributed by atoms with Crippen LogP contribution in [0.5, 0.6) is 5.75 Å². The Morgan fingerprint density at radius 3 is 2.64 bits per heavy atom. The molecule has 2 aromatic rings. The van der Waals surface area contributed by atoms with E-state index >= 15 is 0 Å². The Morgan fingerprint density at radius 2 is 1.94 bits per heavy atom. The number of nitrogens with zero attached hydrogens (tertiary/aromatic N) is 3. The molecule has 33 heavy (non-hydrogen) atoms. The lowest BCUT2D eigenvalue weighted by Gasteiger charge is -2.43. The summed E-state index contributed by atoms with van der Waals surface area (Å²) in [7, 11) is 0. The van der Waals surface area contributed by atoms with E-state index in [2.05, 4.69) is 34.1 Å². The smallest absolute Gasteiger partial charge is 0.191 e. The first-order valence-corrected chi connectivity index (χ1v) is 11.3. The second kappa shape index (κ2) is 9.10. The van der Waals surface area contributed by atoms with E-state index in [0.29, 0.717) is 16.9 Å². The zero-order chi connectivity index (χ0) is 23.6. The molecule has 0 fully saturated rings. The molecule has 0 aromatic heterocycles. The zero-order valence-electron chi connectivity index (χ0n) is 17.7. The predicted molar refractivity (Wildman–Crippen MR) is 124 cm³/mol. The molecule has 7 heteroatoms. The number of hydrogen-bond acceptors (Lipinski definition) is 5. The van der Waals surface area contributed by atoms with Gasteiger partial charge in [0.2, 0.25) is 0 Å². The van der Waals surface area contributed by atoms with Gasteiger partial charge in [-0.3, -0.25) is 0 Å². The monoisotopic (exact) mass is 502 g/mol. The van der Waals surface area contributed by atoms with E-state index in [4.69, 9.17) is 10.5 Å². The molecule has 2 aliphatic carbocycles. The largest absolute Gasteiger partial charge is 0.489 e. The van der Waals surface area contributed by atoms with Gasteiger partial charge in [-0.15, -0.1) is 0 Å². The fourth-order valence-corrected chi connectivity index (χ4v) is 5.28. The molecule has 4 rings (SSSR count). The summed E-state index contributed by atoms with van der Waals surface area (Å²) in [5.41, 5.74) is 6.98.